The monoisotopic (exact) mass is 468 g/mol. The van der Waals surface area contributed by atoms with Crippen molar-refractivity contribution in [3.05, 3.63) is 86.0 Å². The summed E-state index contributed by atoms with van der Waals surface area (Å²) in [7, 11) is 0. The molecular formula is C24H14Cl2O6. The summed E-state index contributed by atoms with van der Waals surface area (Å²) in [6.07, 6.45) is -0.118. The van der Waals surface area contributed by atoms with E-state index >= 15 is 0 Å². The Morgan fingerprint density at radius 1 is 0.938 bits per heavy atom. The lowest BCUT2D eigenvalue weighted by atomic mass is 9.84. The van der Waals surface area contributed by atoms with Crippen molar-refractivity contribution in [2.24, 2.45) is 0 Å². The molecule has 0 amide bonds. The van der Waals surface area contributed by atoms with Gasteiger partial charge in [0.1, 0.15) is 16.7 Å². The van der Waals surface area contributed by atoms with Crippen LogP contribution in [0, 0.1) is 0 Å². The van der Waals surface area contributed by atoms with Crippen LogP contribution in [0.1, 0.15) is 23.5 Å². The molecule has 4 aromatic rings. The maximum atomic E-state index is 13.0. The minimum atomic E-state index is -0.720. The molecule has 0 spiro atoms. The average molecular weight is 469 g/mol. The number of hydrogen-bond donors (Lipinski definition) is 2. The predicted molar refractivity (Wildman–Crippen MR) is 120 cm³/mol. The summed E-state index contributed by atoms with van der Waals surface area (Å²) in [4.78, 5) is 25.3. The van der Waals surface area contributed by atoms with Gasteiger partial charge in [-0.25, -0.2) is 0 Å². The first kappa shape index (κ1) is 20.4. The van der Waals surface area contributed by atoms with E-state index in [4.69, 9.17) is 32.4 Å². The smallest absolute Gasteiger partial charge is 0.312 e. The Morgan fingerprint density at radius 2 is 1.69 bits per heavy atom. The highest BCUT2D eigenvalue weighted by Gasteiger charge is 2.37. The number of hydrogen-bond acceptors (Lipinski definition) is 6. The van der Waals surface area contributed by atoms with E-state index in [1.807, 2.05) is 6.07 Å². The van der Waals surface area contributed by atoms with Crippen LogP contribution in [0.5, 0.6) is 17.2 Å². The van der Waals surface area contributed by atoms with E-state index in [-0.39, 0.29) is 34.5 Å². The third-order valence-corrected chi connectivity index (χ3v) is 6.01. The van der Waals surface area contributed by atoms with E-state index < -0.39 is 28.8 Å². The topological polar surface area (TPSA) is 97.0 Å². The zero-order valence-corrected chi connectivity index (χ0v) is 17.8. The average Bonchev–Trinajstić information content (AvgIpc) is 2.77. The fourth-order valence-corrected chi connectivity index (χ4v) is 4.54. The summed E-state index contributed by atoms with van der Waals surface area (Å²) < 4.78 is 11.4. The van der Waals surface area contributed by atoms with E-state index in [9.17, 15) is 19.8 Å². The molecule has 0 radical (unpaired) electrons. The van der Waals surface area contributed by atoms with Gasteiger partial charge in [0.2, 0.25) is 5.75 Å². The number of phenolic OH excluding ortho intramolecular Hbond substituents is 2. The van der Waals surface area contributed by atoms with Gasteiger partial charge in [0.15, 0.2) is 16.9 Å². The highest BCUT2D eigenvalue weighted by molar-refractivity contribution is 6.35. The zero-order valence-electron chi connectivity index (χ0n) is 16.3. The predicted octanol–water partition coefficient (Wildman–Crippen LogP) is 5.62. The molecule has 160 valence electrons. The number of esters is 1. The van der Waals surface area contributed by atoms with Crippen molar-refractivity contribution < 1.29 is 24.2 Å². The molecule has 0 bridgehead atoms. The lowest BCUT2D eigenvalue weighted by Crippen LogP contribution is -2.22. The van der Waals surface area contributed by atoms with Crippen LogP contribution >= 0.6 is 23.2 Å². The van der Waals surface area contributed by atoms with Crippen LogP contribution in [-0.4, -0.2) is 16.2 Å². The Kier molecular flexibility index (Phi) is 4.84. The molecule has 0 unspecified atom stereocenters. The molecule has 1 atom stereocenters. The highest BCUT2D eigenvalue weighted by atomic mass is 35.5. The highest BCUT2D eigenvalue weighted by Crippen LogP contribution is 2.52. The van der Waals surface area contributed by atoms with Crippen LogP contribution in [0.25, 0.3) is 22.3 Å². The maximum absolute atomic E-state index is 13.0. The summed E-state index contributed by atoms with van der Waals surface area (Å²) in [5.41, 5.74) is 0.868. The minimum absolute atomic E-state index is 0.00479. The van der Waals surface area contributed by atoms with Gasteiger partial charge in [-0.05, 0) is 17.7 Å². The van der Waals surface area contributed by atoms with Gasteiger partial charge in [-0.1, -0.05) is 59.6 Å². The number of halogens is 2. The van der Waals surface area contributed by atoms with Crippen LogP contribution in [0.3, 0.4) is 0 Å². The van der Waals surface area contributed by atoms with Gasteiger partial charge in [0, 0.05) is 27.6 Å². The molecule has 0 fully saturated rings. The molecule has 0 saturated carbocycles. The number of benzene rings is 3. The molecule has 0 aliphatic carbocycles. The fourth-order valence-electron chi connectivity index (χ4n) is 4.00. The Morgan fingerprint density at radius 3 is 2.41 bits per heavy atom. The Bertz CT molecular complexity index is 1460. The normalized spacial score (nSPS) is 15.4. The van der Waals surface area contributed by atoms with Gasteiger partial charge in [0.25, 0.3) is 0 Å². The van der Waals surface area contributed by atoms with Gasteiger partial charge < -0.3 is 19.4 Å². The Balaban J connectivity index is 1.89. The van der Waals surface area contributed by atoms with Crippen molar-refractivity contribution in [1.82, 2.24) is 0 Å². The van der Waals surface area contributed by atoms with Gasteiger partial charge >= 0.3 is 5.97 Å². The Hall–Kier alpha value is -3.48. The molecule has 0 saturated heterocycles. The molecule has 1 aromatic heterocycles. The van der Waals surface area contributed by atoms with Crippen molar-refractivity contribution in [3.63, 3.8) is 0 Å². The number of aromatic hydroxyl groups is 2. The van der Waals surface area contributed by atoms with E-state index in [1.54, 1.807) is 36.4 Å². The molecule has 8 heteroatoms. The molecule has 1 aliphatic rings. The number of fused-ring (bicyclic) bond motifs is 3. The van der Waals surface area contributed by atoms with E-state index in [1.165, 1.54) is 12.1 Å². The first-order valence-corrected chi connectivity index (χ1v) is 10.4. The fraction of sp³-hybridized carbons (Fsp3) is 0.0833. The lowest BCUT2D eigenvalue weighted by Gasteiger charge is -2.27. The number of phenols is 2. The van der Waals surface area contributed by atoms with Gasteiger partial charge in [-0.2, -0.15) is 0 Å². The number of carbonyl (C=O) groups excluding carboxylic acids is 1. The van der Waals surface area contributed by atoms with Gasteiger partial charge in [-0.3, -0.25) is 9.59 Å². The standard InChI is InChI=1S/C24H14Cl2O6/c25-12-6-7-13(15(26)8-12)14-9-18(28)32-24-19(14)23-20(21(29)22(24)30)16(27)10-17(31-23)11-4-2-1-3-5-11/h1-8,10,14,29-30H,9H2/t14-/m0/s1. The number of ether oxygens (including phenoxy) is 1. The third-order valence-electron chi connectivity index (χ3n) is 5.44. The lowest BCUT2D eigenvalue weighted by molar-refractivity contribution is -0.135. The van der Waals surface area contributed by atoms with Crippen molar-refractivity contribution in [3.8, 4) is 28.6 Å². The summed E-state index contributed by atoms with van der Waals surface area (Å²) in [5.74, 6) is -2.79. The molecule has 6 nitrogen and oxygen atoms in total. The van der Waals surface area contributed by atoms with Crippen LogP contribution in [0.15, 0.2) is 63.8 Å². The first-order chi connectivity index (χ1) is 15.3. The summed E-state index contributed by atoms with van der Waals surface area (Å²) in [5, 5.41) is 21.6. The molecule has 2 N–H and O–H groups in total. The van der Waals surface area contributed by atoms with Crippen molar-refractivity contribution >= 4 is 40.1 Å². The molecule has 3 aromatic carbocycles. The molecule has 2 heterocycles. The van der Waals surface area contributed by atoms with Crippen LogP contribution < -0.4 is 10.2 Å². The quantitative estimate of drug-likeness (QED) is 0.225. The SMILES string of the molecule is O=C1C[C@@H](c2ccc(Cl)cc2Cl)c2c(c(O)c(O)c3c(=O)cc(-c4ccccc4)oc23)O1. The van der Waals surface area contributed by atoms with Crippen molar-refractivity contribution in [1.29, 1.82) is 0 Å². The van der Waals surface area contributed by atoms with Crippen LogP contribution in [0.4, 0.5) is 0 Å². The second-order valence-electron chi connectivity index (χ2n) is 7.38. The van der Waals surface area contributed by atoms with Crippen molar-refractivity contribution in [2.75, 3.05) is 0 Å². The van der Waals surface area contributed by atoms with E-state index in [0.29, 0.717) is 21.2 Å². The van der Waals surface area contributed by atoms with E-state index in [0.717, 1.165) is 0 Å². The van der Waals surface area contributed by atoms with Gasteiger partial charge in [0.05, 0.1) is 12.0 Å². The molecule has 5 rings (SSSR count). The van der Waals surface area contributed by atoms with E-state index in [2.05, 4.69) is 0 Å². The van der Waals surface area contributed by atoms with Crippen molar-refractivity contribution in [2.45, 2.75) is 12.3 Å². The van der Waals surface area contributed by atoms with Crippen LogP contribution in [-0.2, 0) is 4.79 Å². The summed E-state index contributed by atoms with van der Waals surface area (Å²) >= 11 is 12.4. The zero-order chi connectivity index (χ0) is 22.6. The summed E-state index contributed by atoms with van der Waals surface area (Å²) in [6, 6.07) is 15.0. The minimum Gasteiger partial charge on any atom is -0.504 e. The molecule has 1 aliphatic heterocycles. The Labute approximate surface area is 191 Å². The number of carbonyl (C=O) groups is 1. The largest absolute Gasteiger partial charge is 0.504 e. The van der Waals surface area contributed by atoms with Gasteiger partial charge in [-0.15, -0.1) is 0 Å². The summed E-state index contributed by atoms with van der Waals surface area (Å²) in [6.45, 7) is 0. The maximum Gasteiger partial charge on any atom is 0.312 e. The van der Waals surface area contributed by atoms with Crippen LogP contribution in [0.2, 0.25) is 10.0 Å². The second kappa shape index (κ2) is 7.58. The molecule has 32 heavy (non-hydrogen) atoms. The second-order valence-corrected chi connectivity index (χ2v) is 8.23. The molecular weight excluding hydrogens is 455 g/mol. The third kappa shape index (κ3) is 3.20. The number of rotatable bonds is 2. The first-order valence-electron chi connectivity index (χ1n) is 9.62.